The fraction of sp³-hybridized carbons (Fsp3) is 0.120. The largest absolute Gasteiger partial charge is 0.508 e. The molecule has 4 aromatic rings. The second kappa shape index (κ2) is 7.65. The zero-order chi connectivity index (χ0) is 21.4. The van der Waals surface area contributed by atoms with E-state index in [2.05, 4.69) is 10.2 Å². The number of para-hydroxylation sites is 1. The van der Waals surface area contributed by atoms with Crippen LogP contribution in [0, 0.1) is 0 Å². The molecule has 0 radical (unpaired) electrons. The van der Waals surface area contributed by atoms with E-state index in [1.165, 1.54) is 0 Å². The van der Waals surface area contributed by atoms with Gasteiger partial charge in [0.15, 0.2) is 0 Å². The van der Waals surface area contributed by atoms with E-state index in [1.807, 2.05) is 42.5 Å². The monoisotopic (exact) mass is 411 g/mol. The molecular weight excluding hydrogens is 390 g/mol. The molecule has 0 fully saturated rings. The Morgan fingerprint density at radius 2 is 1.71 bits per heavy atom. The van der Waals surface area contributed by atoms with Crippen molar-refractivity contribution >= 4 is 5.91 Å². The number of rotatable bonds is 5. The van der Waals surface area contributed by atoms with Gasteiger partial charge in [-0.3, -0.25) is 9.89 Å². The lowest BCUT2D eigenvalue weighted by Gasteiger charge is -2.26. The van der Waals surface area contributed by atoms with Crippen LogP contribution in [0.1, 0.15) is 33.2 Å². The highest BCUT2D eigenvalue weighted by Gasteiger charge is 2.42. The summed E-state index contributed by atoms with van der Waals surface area (Å²) in [6.45, 7) is 0.506. The van der Waals surface area contributed by atoms with Gasteiger partial charge in [0.05, 0.1) is 6.04 Å². The van der Waals surface area contributed by atoms with Gasteiger partial charge < -0.3 is 15.1 Å². The van der Waals surface area contributed by atoms with Crippen molar-refractivity contribution in [2.24, 2.45) is 0 Å². The normalized spacial score (nSPS) is 15.3. The van der Waals surface area contributed by atoms with E-state index in [0.717, 1.165) is 11.1 Å². The van der Waals surface area contributed by atoms with Gasteiger partial charge in [-0.1, -0.05) is 54.6 Å². The van der Waals surface area contributed by atoms with Crippen molar-refractivity contribution in [1.29, 1.82) is 0 Å². The van der Waals surface area contributed by atoms with Crippen molar-refractivity contribution < 1.29 is 15.0 Å². The number of hydrogen-bond acceptors (Lipinski definition) is 4. The Morgan fingerprint density at radius 1 is 0.935 bits per heavy atom. The summed E-state index contributed by atoms with van der Waals surface area (Å²) < 4.78 is 0. The Bertz CT molecular complexity index is 1250. The molecule has 6 nitrogen and oxygen atoms in total. The summed E-state index contributed by atoms with van der Waals surface area (Å²) in [7, 11) is 0. The molecule has 3 N–H and O–H groups in total. The lowest BCUT2D eigenvalue weighted by Crippen LogP contribution is -2.31. The SMILES string of the molecule is O=C1c2[nH]nc(-c3ccccc3O)c2[C@H](c2cccc(O)c2)N1CCc1ccccc1. The van der Waals surface area contributed by atoms with Crippen molar-refractivity contribution in [2.75, 3.05) is 6.54 Å². The summed E-state index contributed by atoms with van der Waals surface area (Å²) in [5.74, 6) is 0.0871. The molecule has 1 atom stereocenters. The number of benzene rings is 3. The maximum absolute atomic E-state index is 13.3. The number of H-pyrrole nitrogens is 1. The number of hydrogen-bond donors (Lipinski definition) is 3. The van der Waals surface area contributed by atoms with Gasteiger partial charge in [0.25, 0.3) is 5.91 Å². The Hall–Kier alpha value is -4.06. The van der Waals surface area contributed by atoms with Crippen LogP contribution >= 0.6 is 0 Å². The van der Waals surface area contributed by atoms with E-state index in [-0.39, 0.29) is 17.4 Å². The van der Waals surface area contributed by atoms with Crippen LogP contribution in [0.4, 0.5) is 0 Å². The summed E-state index contributed by atoms with van der Waals surface area (Å²) >= 11 is 0. The van der Waals surface area contributed by atoms with E-state index >= 15 is 0 Å². The lowest BCUT2D eigenvalue weighted by molar-refractivity contribution is 0.0745. The second-order valence-corrected chi connectivity index (χ2v) is 7.61. The van der Waals surface area contributed by atoms with Crippen LogP contribution in [0.15, 0.2) is 78.9 Å². The van der Waals surface area contributed by atoms with E-state index in [1.54, 1.807) is 41.3 Å². The first-order chi connectivity index (χ1) is 15.1. The third-order valence-electron chi connectivity index (χ3n) is 5.69. The minimum absolute atomic E-state index is 0.0987. The Morgan fingerprint density at radius 3 is 2.48 bits per heavy atom. The third kappa shape index (κ3) is 3.32. The molecule has 154 valence electrons. The topological polar surface area (TPSA) is 89.5 Å². The number of nitrogens with one attached hydrogen (secondary N) is 1. The minimum atomic E-state index is -0.424. The molecule has 0 saturated heterocycles. The molecule has 0 aliphatic carbocycles. The number of nitrogens with zero attached hydrogens (tertiary/aromatic N) is 2. The third-order valence-corrected chi connectivity index (χ3v) is 5.69. The van der Waals surface area contributed by atoms with Crippen molar-refractivity contribution in [2.45, 2.75) is 12.5 Å². The number of carbonyl (C=O) groups excluding carboxylic acids is 1. The van der Waals surface area contributed by atoms with E-state index in [4.69, 9.17) is 0 Å². The number of aromatic nitrogens is 2. The molecule has 0 saturated carbocycles. The Kier molecular flexibility index (Phi) is 4.67. The number of aromatic amines is 1. The van der Waals surface area contributed by atoms with E-state index in [9.17, 15) is 15.0 Å². The molecule has 1 aromatic heterocycles. The highest BCUT2D eigenvalue weighted by atomic mass is 16.3. The molecule has 1 aliphatic heterocycles. The Labute approximate surface area is 179 Å². The first-order valence-corrected chi connectivity index (χ1v) is 10.1. The molecule has 31 heavy (non-hydrogen) atoms. The van der Waals surface area contributed by atoms with Crippen LogP contribution < -0.4 is 0 Å². The quantitative estimate of drug-likeness (QED) is 0.457. The molecule has 0 bridgehead atoms. The standard InChI is InChI=1S/C25H21N3O3/c29-18-10-6-9-17(15-18)24-21-22(19-11-4-5-12-20(19)30)26-27-23(21)25(31)28(24)14-13-16-7-2-1-3-8-16/h1-12,15,24,29-30H,13-14H2,(H,26,27)/t24-/m0/s1. The highest BCUT2D eigenvalue weighted by molar-refractivity contribution is 6.00. The highest BCUT2D eigenvalue weighted by Crippen LogP contribution is 2.44. The van der Waals surface area contributed by atoms with E-state index in [0.29, 0.717) is 35.5 Å². The van der Waals surface area contributed by atoms with Crippen LogP contribution in [0.5, 0.6) is 11.5 Å². The van der Waals surface area contributed by atoms with Gasteiger partial charge in [0, 0.05) is 17.7 Å². The van der Waals surface area contributed by atoms with Crippen molar-refractivity contribution in [3.8, 4) is 22.8 Å². The zero-order valence-electron chi connectivity index (χ0n) is 16.7. The summed E-state index contributed by atoms with van der Waals surface area (Å²) in [5.41, 5.74) is 4.16. The molecule has 2 heterocycles. The fourth-order valence-corrected chi connectivity index (χ4v) is 4.24. The van der Waals surface area contributed by atoms with Crippen molar-refractivity contribution in [1.82, 2.24) is 15.1 Å². The summed E-state index contributed by atoms with van der Waals surface area (Å²) in [6, 6.07) is 23.5. The van der Waals surface area contributed by atoms with Crippen LogP contribution in [0.25, 0.3) is 11.3 Å². The first-order valence-electron chi connectivity index (χ1n) is 10.1. The summed E-state index contributed by atoms with van der Waals surface area (Å²) in [6.07, 6.45) is 0.700. The molecule has 3 aromatic carbocycles. The second-order valence-electron chi connectivity index (χ2n) is 7.61. The first kappa shape index (κ1) is 18.9. The van der Waals surface area contributed by atoms with Crippen LogP contribution in [-0.2, 0) is 6.42 Å². The van der Waals surface area contributed by atoms with Gasteiger partial charge >= 0.3 is 0 Å². The van der Waals surface area contributed by atoms with E-state index < -0.39 is 6.04 Å². The molecule has 0 unspecified atom stereocenters. The van der Waals surface area contributed by atoms with Crippen molar-refractivity contribution in [3.05, 3.63) is 101 Å². The predicted octanol–water partition coefficient (Wildman–Crippen LogP) is 4.28. The van der Waals surface area contributed by atoms with Crippen molar-refractivity contribution in [3.63, 3.8) is 0 Å². The van der Waals surface area contributed by atoms with Gasteiger partial charge in [-0.15, -0.1) is 0 Å². The molecule has 6 heteroatoms. The number of amides is 1. The Balaban J connectivity index is 1.61. The van der Waals surface area contributed by atoms with Gasteiger partial charge in [0.1, 0.15) is 22.9 Å². The van der Waals surface area contributed by atoms with Gasteiger partial charge in [-0.2, -0.15) is 5.10 Å². The summed E-state index contributed by atoms with van der Waals surface area (Å²) in [5, 5.41) is 27.8. The van der Waals surface area contributed by atoms with Crippen LogP contribution in [0.3, 0.4) is 0 Å². The predicted molar refractivity (Wildman–Crippen MR) is 117 cm³/mol. The smallest absolute Gasteiger partial charge is 0.273 e. The summed E-state index contributed by atoms with van der Waals surface area (Å²) in [4.78, 5) is 15.1. The number of phenolic OH excluding ortho intramolecular Hbond substituents is 2. The lowest BCUT2D eigenvalue weighted by atomic mass is 9.95. The maximum Gasteiger partial charge on any atom is 0.273 e. The minimum Gasteiger partial charge on any atom is -0.508 e. The average Bonchev–Trinajstić information content (AvgIpc) is 3.32. The average molecular weight is 411 g/mol. The fourth-order valence-electron chi connectivity index (χ4n) is 4.24. The number of fused-ring (bicyclic) bond motifs is 1. The van der Waals surface area contributed by atoms with Gasteiger partial charge in [-0.05, 0) is 41.8 Å². The number of aromatic hydroxyl groups is 2. The molecule has 1 aliphatic rings. The van der Waals surface area contributed by atoms with Crippen LogP contribution in [0.2, 0.25) is 0 Å². The van der Waals surface area contributed by atoms with Crippen LogP contribution in [-0.4, -0.2) is 37.8 Å². The molecular formula is C25H21N3O3. The van der Waals surface area contributed by atoms with Gasteiger partial charge in [0.2, 0.25) is 0 Å². The number of phenols is 2. The van der Waals surface area contributed by atoms with Gasteiger partial charge in [-0.25, -0.2) is 0 Å². The number of carbonyl (C=O) groups is 1. The molecule has 1 amide bonds. The molecule has 5 rings (SSSR count). The zero-order valence-corrected chi connectivity index (χ0v) is 16.7. The maximum atomic E-state index is 13.3. The molecule has 0 spiro atoms.